The van der Waals surface area contributed by atoms with Crippen LogP contribution < -0.4 is 0 Å². The van der Waals surface area contributed by atoms with E-state index in [4.69, 9.17) is 4.74 Å². The van der Waals surface area contributed by atoms with E-state index >= 15 is 0 Å². The fourth-order valence-corrected chi connectivity index (χ4v) is 3.15. The van der Waals surface area contributed by atoms with Gasteiger partial charge in [-0.1, -0.05) is 31.4 Å². The van der Waals surface area contributed by atoms with E-state index in [9.17, 15) is 14.7 Å². The Morgan fingerprint density at radius 2 is 2.00 bits per heavy atom. The Labute approximate surface area is 149 Å². The molecule has 0 radical (unpaired) electrons. The van der Waals surface area contributed by atoms with Crippen LogP contribution in [0.5, 0.6) is 0 Å². The van der Waals surface area contributed by atoms with E-state index in [1.807, 2.05) is 20.8 Å². The summed E-state index contributed by atoms with van der Waals surface area (Å²) in [6.45, 7) is 7.97. The molecule has 25 heavy (non-hydrogen) atoms. The lowest BCUT2D eigenvalue weighted by Gasteiger charge is -2.34. The highest BCUT2D eigenvalue weighted by atomic mass is 16.5. The molecule has 0 aromatic rings. The molecule has 0 amide bonds. The molecular weight excluding hydrogens is 316 g/mol. The molecule has 0 saturated heterocycles. The van der Waals surface area contributed by atoms with Gasteiger partial charge in [-0.2, -0.15) is 0 Å². The van der Waals surface area contributed by atoms with Gasteiger partial charge in [-0.25, -0.2) is 0 Å². The fraction of sp³-hybridized carbons (Fsp3) is 0.524. The molecule has 0 aromatic heterocycles. The maximum Gasteiger partial charge on any atom is 0.224 e. The van der Waals surface area contributed by atoms with Crippen LogP contribution in [0.3, 0.4) is 0 Å². The summed E-state index contributed by atoms with van der Waals surface area (Å²) in [5.41, 5.74) is 0.900. The molecule has 4 heteroatoms. The van der Waals surface area contributed by atoms with Crippen molar-refractivity contribution >= 4 is 11.6 Å². The first-order chi connectivity index (χ1) is 11.8. The van der Waals surface area contributed by atoms with Crippen molar-refractivity contribution in [1.82, 2.24) is 0 Å². The molecule has 1 aliphatic carbocycles. The van der Waals surface area contributed by atoms with Crippen LogP contribution >= 0.6 is 0 Å². The van der Waals surface area contributed by atoms with Gasteiger partial charge in [0.1, 0.15) is 16.9 Å². The number of ether oxygens (including phenoxy) is 1. The van der Waals surface area contributed by atoms with Crippen LogP contribution in [-0.4, -0.2) is 22.3 Å². The van der Waals surface area contributed by atoms with Gasteiger partial charge in [0.25, 0.3) is 0 Å². The summed E-state index contributed by atoms with van der Waals surface area (Å²) >= 11 is 0. The van der Waals surface area contributed by atoms with Gasteiger partial charge < -0.3 is 9.84 Å². The quantitative estimate of drug-likeness (QED) is 0.406. The van der Waals surface area contributed by atoms with Gasteiger partial charge in [0.05, 0.1) is 0 Å². The number of hydrogen-bond donors (Lipinski definition) is 1. The molecule has 1 aliphatic heterocycles. The molecule has 1 unspecified atom stereocenters. The van der Waals surface area contributed by atoms with Crippen LogP contribution in [0, 0.1) is 0 Å². The smallest absolute Gasteiger partial charge is 0.224 e. The summed E-state index contributed by atoms with van der Waals surface area (Å²) in [5, 5.41) is 10.3. The Bertz CT molecular complexity index is 687. The SMILES string of the molecule is CCCCCC1=CC(=O)C2=C(OC(C)(CCC=C(C)C)C=C2O)C1=O. The highest BCUT2D eigenvalue weighted by molar-refractivity contribution is 6.23. The second-order valence-corrected chi connectivity index (χ2v) is 7.29. The predicted molar refractivity (Wildman–Crippen MR) is 98.1 cm³/mol. The van der Waals surface area contributed by atoms with Crippen molar-refractivity contribution in [1.29, 1.82) is 0 Å². The number of hydrogen-bond acceptors (Lipinski definition) is 4. The molecule has 0 saturated carbocycles. The monoisotopic (exact) mass is 344 g/mol. The summed E-state index contributed by atoms with van der Waals surface area (Å²) in [4.78, 5) is 25.1. The van der Waals surface area contributed by atoms with Crippen molar-refractivity contribution in [2.24, 2.45) is 0 Å². The van der Waals surface area contributed by atoms with E-state index in [1.54, 1.807) is 6.08 Å². The molecule has 0 fully saturated rings. The van der Waals surface area contributed by atoms with Crippen molar-refractivity contribution in [3.63, 3.8) is 0 Å². The standard InChI is InChI=1S/C21H28O4/c1-5-6-7-10-15-12-16(22)18-17(23)13-21(4,11-8-9-14(2)3)25-20(18)19(15)24/h9,12-13,23H,5-8,10-11H2,1-4H3. The van der Waals surface area contributed by atoms with Crippen LogP contribution in [-0.2, 0) is 14.3 Å². The molecule has 0 spiro atoms. The highest BCUT2D eigenvalue weighted by Gasteiger charge is 2.40. The van der Waals surface area contributed by atoms with Crippen LogP contribution in [0.15, 0.2) is 46.5 Å². The normalized spacial score (nSPS) is 22.9. The maximum atomic E-state index is 12.8. The number of aliphatic hydroxyl groups is 1. The van der Waals surface area contributed by atoms with Crippen LogP contribution in [0.1, 0.15) is 66.2 Å². The molecule has 0 bridgehead atoms. The lowest BCUT2D eigenvalue weighted by atomic mass is 9.86. The van der Waals surface area contributed by atoms with Gasteiger partial charge in [-0.3, -0.25) is 9.59 Å². The van der Waals surface area contributed by atoms with Crippen LogP contribution in [0.25, 0.3) is 0 Å². The van der Waals surface area contributed by atoms with Gasteiger partial charge in [0.15, 0.2) is 11.5 Å². The van der Waals surface area contributed by atoms with Gasteiger partial charge in [0.2, 0.25) is 5.78 Å². The van der Waals surface area contributed by atoms with Crippen molar-refractivity contribution in [3.8, 4) is 0 Å². The molecule has 4 nitrogen and oxygen atoms in total. The molecule has 2 rings (SSSR count). The topological polar surface area (TPSA) is 63.6 Å². The van der Waals surface area contributed by atoms with E-state index in [0.717, 1.165) is 25.7 Å². The first kappa shape index (κ1) is 19.2. The van der Waals surface area contributed by atoms with E-state index in [1.165, 1.54) is 11.6 Å². The molecule has 2 aliphatic rings. The van der Waals surface area contributed by atoms with Gasteiger partial charge in [0, 0.05) is 11.6 Å². The van der Waals surface area contributed by atoms with E-state index in [0.29, 0.717) is 18.4 Å². The molecule has 1 N–H and O–H groups in total. The molecule has 1 atom stereocenters. The molecule has 136 valence electrons. The number of ketones is 2. The number of carbonyl (C=O) groups excluding carboxylic acids is 2. The lowest BCUT2D eigenvalue weighted by Crippen LogP contribution is -2.36. The summed E-state index contributed by atoms with van der Waals surface area (Å²) < 4.78 is 5.95. The number of aliphatic hydroxyl groups excluding tert-OH is 1. The number of Topliss-reactive ketones (excluding diaryl/α,β-unsaturated/α-hetero) is 1. The van der Waals surface area contributed by atoms with E-state index < -0.39 is 5.60 Å². The Hall–Kier alpha value is -2.10. The maximum absolute atomic E-state index is 12.8. The third kappa shape index (κ3) is 4.50. The van der Waals surface area contributed by atoms with Crippen molar-refractivity contribution in [2.45, 2.75) is 71.8 Å². The van der Waals surface area contributed by atoms with E-state index in [-0.39, 0.29) is 28.7 Å². The predicted octanol–water partition coefficient (Wildman–Crippen LogP) is 4.88. The number of rotatable bonds is 7. The largest absolute Gasteiger partial charge is 0.507 e. The first-order valence-corrected chi connectivity index (χ1v) is 9.06. The zero-order valence-corrected chi connectivity index (χ0v) is 15.6. The van der Waals surface area contributed by atoms with Crippen molar-refractivity contribution in [2.75, 3.05) is 0 Å². The molecule has 1 heterocycles. The minimum Gasteiger partial charge on any atom is -0.507 e. The number of carbonyl (C=O) groups is 2. The Kier molecular flexibility index (Phi) is 6.04. The van der Waals surface area contributed by atoms with Crippen molar-refractivity contribution < 1.29 is 19.4 Å². The van der Waals surface area contributed by atoms with Gasteiger partial charge in [-0.05, 0) is 52.5 Å². The summed E-state index contributed by atoms with van der Waals surface area (Å²) in [6, 6.07) is 0. The van der Waals surface area contributed by atoms with Gasteiger partial charge in [-0.15, -0.1) is 0 Å². The van der Waals surface area contributed by atoms with Crippen LogP contribution in [0.4, 0.5) is 0 Å². The van der Waals surface area contributed by atoms with E-state index in [2.05, 4.69) is 13.0 Å². The number of unbranched alkanes of at least 4 members (excludes halogenated alkanes) is 2. The Morgan fingerprint density at radius 1 is 1.28 bits per heavy atom. The summed E-state index contributed by atoms with van der Waals surface area (Å²) in [5.74, 6) is -0.748. The minimum absolute atomic E-state index is 0.00364. The number of allylic oxidation sites excluding steroid dienone is 5. The second kappa shape index (κ2) is 7.85. The average molecular weight is 344 g/mol. The first-order valence-electron chi connectivity index (χ1n) is 9.06. The zero-order chi connectivity index (χ0) is 18.6. The third-order valence-corrected chi connectivity index (χ3v) is 4.55. The average Bonchev–Trinajstić information content (AvgIpc) is 2.51. The summed E-state index contributed by atoms with van der Waals surface area (Å²) in [6.07, 6.45) is 9.88. The molecular formula is C21H28O4. The Balaban J connectivity index is 2.21. The Morgan fingerprint density at radius 3 is 2.64 bits per heavy atom. The minimum atomic E-state index is -0.795. The fourth-order valence-electron chi connectivity index (χ4n) is 3.15. The van der Waals surface area contributed by atoms with Gasteiger partial charge >= 0.3 is 0 Å². The molecule has 0 aromatic carbocycles. The lowest BCUT2D eigenvalue weighted by molar-refractivity contribution is -0.121. The second-order valence-electron chi connectivity index (χ2n) is 7.29. The zero-order valence-electron chi connectivity index (χ0n) is 15.6. The third-order valence-electron chi connectivity index (χ3n) is 4.55. The van der Waals surface area contributed by atoms with Crippen LogP contribution in [0.2, 0.25) is 0 Å². The van der Waals surface area contributed by atoms with Crippen molar-refractivity contribution in [3.05, 3.63) is 46.5 Å². The summed E-state index contributed by atoms with van der Waals surface area (Å²) in [7, 11) is 0. The highest BCUT2D eigenvalue weighted by Crippen LogP contribution is 2.37.